The number of methoxy groups -OCH3 is 1. The van der Waals surface area contributed by atoms with Crippen LogP contribution in [0.3, 0.4) is 0 Å². The van der Waals surface area contributed by atoms with Gasteiger partial charge < -0.3 is 15.4 Å². The highest BCUT2D eigenvalue weighted by Gasteiger charge is 1.99. The van der Waals surface area contributed by atoms with Crippen molar-refractivity contribution in [2.75, 3.05) is 25.5 Å². The molecule has 0 fully saturated rings. The van der Waals surface area contributed by atoms with Gasteiger partial charge in [0.1, 0.15) is 5.75 Å². The first kappa shape index (κ1) is 12.8. The van der Waals surface area contributed by atoms with E-state index in [9.17, 15) is 4.79 Å². The van der Waals surface area contributed by atoms with Crippen LogP contribution in [0, 0.1) is 0 Å². The number of halogens is 1. The van der Waals surface area contributed by atoms with Crippen molar-refractivity contribution in [1.29, 1.82) is 0 Å². The van der Waals surface area contributed by atoms with Crippen LogP contribution in [0.5, 0.6) is 5.75 Å². The summed E-state index contributed by atoms with van der Waals surface area (Å²) < 4.78 is 6.09. The van der Waals surface area contributed by atoms with E-state index < -0.39 is 0 Å². The van der Waals surface area contributed by atoms with Crippen molar-refractivity contribution in [3.63, 3.8) is 0 Å². The number of carbonyl (C=O) groups is 1. The van der Waals surface area contributed by atoms with Crippen LogP contribution in [0.1, 0.15) is 6.92 Å². The molecule has 0 radical (unpaired) electrons. The predicted octanol–water partition coefficient (Wildman–Crippen LogP) is 2.01. The smallest absolute Gasteiger partial charge is 0.216 e. The lowest BCUT2D eigenvalue weighted by Crippen LogP contribution is -2.26. The topological polar surface area (TPSA) is 50.4 Å². The predicted molar refractivity (Wildman–Crippen MR) is 67.9 cm³/mol. The normalized spacial score (nSPS) is 9.69. The fourth-order valence-corrected chi connectivity index (χ4v) is 1.70. The molecular weight excluding hydrogens is 272 g/mol. The standard InChI is InChI=1S/C11H15BrN2O2/c1-8(15)13-3-4-14-10-5-9(12)6-11(7-10)16-2/h5-7,14H,3-4H2,1-2H3,(H,13,15). The van der Waals surface area contributed by atoms with Gasteiger partial charge >= 0.3 is 0 Å². The maximum atomic E-state index is 10.6. The van der Waals surface area contributed by atoms with Crippen LogP contribution in [0.4, 0.5) is 5.69 Å². The Morgan fingerprint density at radius 1 is 1.38 bits per heavy atom. The third-order valence-electron chi connectivity index (χ3n) is 1.94. The van der Waals surface area contributed by atoms with Crippen LogP contribution in [-0.2, 0) is 4.79 Å². The number of ether oxygens (including phenoxy) is 1. The molecule has 0 saturated carbocycles. The summed E-state index contributed by atoms with van der Waals surface area (Å²) >= 11 is 3.40. The number of carbonyl (C=O) groups excluding carboxylic acids is 1. The second kappa shape index (κ2) is 6.37. The van der Waals surface area contributed by atoms with E-state index in [0.717, 1.165) is 15.9 Å². The first-order valence-electron chi connectivity index (χ1n) is 4.94. The molecular formula is C11H15BrN2O2. The quantitative estimate of drug-likeness (QED) is 0.814. The number of amides is 1. The number of rotatable bonds is 5. The highest BCUT2D eigenvalue weighted by molar-refractivity contribution is 9.10. The number of benzene rings is 1. The first-order valence-corrected chi connectivity index (χ1v) is 5.74. The second-order valence-corrected chi connectivity index (χ2v) is 4.21. The Labute approximate surface area is 103 Å². The SMILES string of the molecule is COc1cc(Br)cc(NCCNC(C)=O)c1. The van der Waals surface area contributed by atoms with Crippen molar-refractivity contribution in [2.24, 2.45) is 0 Å². The molecule has 0 aliphatic rings. The fraction of sp³-hybridized carbons (Fsp3) is 0.364. The van der Waals surface area contributed by atoms with Gasteiger partial charge in [0.25, 0.3) is 0 Å². The molecule has 0 spiro atoms. The molecule has 0 atom stereocenters. The molecule has 0 bridgehead atoms. The van der Waals surface area contributed by atoms with Crippen LogP contribution in [0.2, 0.25) is 0 Å². The van der Waals surface area contributed by atoms with Crippen molar-refractivity contribution in [2.45, 2.75) is 6.92 Å². The molecule has 4 nitrogen and oxygen atoms in total. The van der Waals surface area contributed by atoms with Gasteiger partial charge in [0.2, 0.25) is 5.91 Å². The molecule has 0 saturated heterocycles. The van der Waals surface area contributed by atoms with Crippen LogP contribution < -0.4 is 15.4 Å². The Hall–Kier alpha value is -1.23. The van der Waals surface area contributed by atoms with Crippen LogP contribution in [0.25, 0.3) is 0 Å². The molecule has 0 unspecified atom stereocenters. The molecule has 0 heterocycles. The van der Waals surface area contributed by atoms with E-state index in [0.29, 0.717) is 13.1 Å². The van der Waals surface area contributed by atoms with Gasteiger partial charge in [-0.1, -0.05) is 15.9 Å². The Balaban J connectivity index is 2.47. The van der Waals surface area contributed by atoms with E-state index in [4.69, 9.17) is 4.74 Å². The average Bonchev–Trinajstić information content (AvgIpc) is 2.23. The fourth-order valence-electron chi connectivity index (χ4n) is 1.23. The van der Waals surface area contributed by atoms with E-state index in [1.165, 1.54) is 6.92 Å². The maximum Gasteiger partial charge on any atom is 0.216 e. The zero-order valence-corrected chi connectivity index (χ0v) is 10.9. The monoisotopic (exact) mass is 286 g/mol. The van der Waals surface area contributed by atoms with E-state index in [-0.39, 0.29) is 5.91 Å². The van der Waals surface area contributed by atoms with Gasteiger partial charge in [0.05, 0.1) is 7.11 Å². The summed E-state index contributed by atoms with van der Waals surface area (Å²) in [4.78, 5) is 10.6. The van der Waals surface area contributed by atoms with E-state index in [1.807, 2.05) is 18.2 Å². The number of nitrogens with one attached hydrogen (secondary N) is 2. The molecule has 16 heavy (non-hydrogen) atoms. The van der Waals surface area contributed by atoms with E-state index >= 15 is 0 Å². The third-order valence-corrected chi connectivity index (χ3v) is 2.39. The number of hydrogen-bond acceptors (Lipinski definition) is 3. The molecule has 0 aliphatic carbocycles. The van der Waals surface area contributed by atoms with Crippen LogP contribution >= 0.6 is 15.9 Å². The first-order chi connectivity index (χ1) is 7.61. The van der Waals surface area contributed by atoms with Crippen molar-refractivity contribution in [3.8, 4) is 5.75 Å². The van der Waals surface area contributed by atoms with Gasteiger partial charge in [0, 0.05) is 36.2 Å². The van der Waals surface area contributed by atoms with E-state index in [2.05, 4.69) is 26.6 Å². The molecule has 1 aromatic rings. The minimum absolute atomic E-state index is 0.0198. The third kappa shape index (κ3) is 4.53. The van der Waals surface area contributed by atoms with Crippen LogP contribution in [-0.4, -0.2) is 26.1 Å². The van der Waals surface area contributed by atoms with Crippen LogP contribution in [0.15, 0.2) is 22.7 Å². The minimum Gasteiger partial charge on any atom is -0.497 e. The molecule has 2 N–H and O–H groups in total. The molecule has 5 heteroatoms. The van der Waals surface area contributed by atoms with Gasteiger partial charge in [-0.2, -0.15) is 0 Å². The van der Waals surface area contributed by atoms with Gasteiger partial charge in [-0.25, -0.2) is 0 Å². The van der Waals surface area contributed by atoms with Gasteiger partial charge in [0.15, 0.2) is 0 Å². The molecule has 88 valence electrons. The lowest BCUT2D eigenvalue weighted by Gasteiger charge is -2.09. The zero-order chi connectivity index (χ0) is 12.0. The average molecular weight is 287 g/mol. The highest BCUT2D eigenvalue weighted by atomic mass is 79.9. The summed E-state index contributed by atoms with van der Waals surface area (Å²) in [6.45, 7) is 2.78. The van der Waals surface area contributed by atoms with Crippen molar-refractivity contribution in [3.05, 3.63) is 22.7 Å². The summed E-state index contributed by atoms with van der Waals surface area (Å²) in [6, 6.07) is 5.74. The molecule has 0 aromatic heterocycles. The Morgan fingerprint density at radius 3 is 2.75 bits per heavy atom. The summed E-state index contributed by atoms with van der Waals surface area (Å²) in [7, 11) is 1.63. The Kier molecular flexibility index (Phi) is 5.11. The van der Waals surface area contributed by atoms with Gasteiger partial charge in [-0.3, -0.25) is 4.79 Å². The highest BCUT2D eigenvalue weighted by Crippen LogP contribution is 2.24. The number of hydrogen-bond donors (Lipinski definition) is 2. The second-order valence-electron chi connectivity index (χ2n) is 3.29. The largest absolute Gasteiger partial charge is 0.497 e. The Morgan fingerprint density at radius 2 is 2.12 bits per heavy atom. The minimum atomic E-state index is -0.0198. The molecule has 1 rings (SSSR count). The van der Waals surface area contributed by atoms with Crippen molar-refractivity contribution < 1.29 is 9.53 Å². The van der Waals surface area contributed by atoms with E-state index in [1.54, 1.807) is 7.11 Å². The molecule has 1 amide bonds. The zero-order valence-electron chi connectivity index (χ0n) is 9.34. The van der Waals surface area contributed by atoms with Gasteiger partial charge in [-0.15, -0.1) is 0 Å². The summed E-state index contributed by atoms with van der Waals surface area (Å²) in [6.07, 6.45) is 0. The summed E-state index contributed by atoms with van der Waals surface area (Å²) in [5, 5.41) is 5.91. The molecule has 0 aliphatic heterocycles. The lowest BCUT2D eigenvalue weighted by molar-refractivity contribution is -0.118. The lowest BCUT2D eigenvalue weighted by atomic mass is 10.3. The van der Waals surface area contributed by atoms with Crippen molar-refractivity contribution in [1.82, 2.24) is 5.32 Å². The Bertz CT molecular complexity index is 369. The van der Waals surface area contributed by atoms with Crippen molar-refractivity contribution >= 4 is 27.5 Å². The van der Waals surface area contributed by atoms with Gasteiger partial charge in [-0.05, 0) is 12.1 Å². The summed E-state index contributed by atoms with van der Waals surface area (Å²) in [5.74, 6) is 0.769. The molecule has 1 aromatic carbocycles. The maximum absolute atomic E-state index is 10.6. The number of anilines is 1. The summed E-state index contributed by atoms with van der Waals surface area (Å²) in [5.41, 5.74) is 0.955.